The third-order valence-corrected chi connectivity index (χ3v) is 6.36. The first kappa shape index (κ1) is 28.4. The lowest BCUT2D eigenvalue weighted by Gasteiger charge is -2.43. The van der Waals surface area contributed by atoms with Gasteiger partial charge in [0.2, 0.25) is 11.8 Å². The van der Waals surface area contributed by atoms with Crippen molar-refractivity contribution in [3.05, 3.63) is 58.1 Å². The van der Waals surface area contributed by atoms with Gasteiger partial charge in [-0.1, -0.05) is 41.4 Å². The van der Waals surface area contributed by atoms with Crippen LogP contribution in [0.15, 0.2) is 42.5 Å². The van der Waals surface area contributed by atoms with Crippen molar-refractivity contribution in [2.75, 3.05) is 26.2 Å². The van der Waals surface area contributed by atoms with Crippen LogP contribution in [-0.2, 0) is 25.6 Å². The first-order valence-corrected chi connectivity index (χ1v) is 11.8. The van der Waals surface area contributed by atoms with Crippen LogP contribution in [0.5, 0.6) is 0 Å². The minimum atomic E-state index is -1.26. The molecular weight excluding hydrogens is 497 g/mol. The van der Waals surface area contributed by atoms with E-state index in [4.69, 9.17) is 33.4 Å². The molecule has 0 radical (unpaired) electrons. The monoisotopic (exact) mass is 525 g/mol. The molecule has 1 saturated heterocycles. The Morgan fingerprint density at radius 3 is 2.29 bits per heavy atom. The smallest absolute Gasteiger partial charge is 0.328 e. The summed E-state index contributed by atoms with van der Waals surface area (Å²) in [5.41, 5.74) is 0.848. The van der Waals surface area contributed by atoms with Gasteiger partial charge in [0.05, 0.1) is 22.5 Å². The highest BCUT2D eigenvalue weighted by Gasteiger charge is 2.33. The molecule has 3 rings (SSSR count). The van der Waals surface area contributed by atoms with Crippen LogP contribution < -0.4 is 5.32 Å². The second-order valence-electron chi connectivity index (χ2n) is 8.19. The summed E-state index contributed by atoms with van der Waals surface area (Å²) in [4.78, 5) is 47.7. The summed E-state index contributed by atoms with van der Waals surface area (Å²) < 4.78 is 0. The summed E-state index contributed by atoms with van der Waals surface area (Å²) >= 11 is 12.0. The second-order valence-corrected chi connectivity index (χ2v) is 9.00. The van der Waals surface area contributed by atoms with E-state index in [1.807, 2.05) is 15.9 Å². The van der Waals surface area contributed by atoms with Gasteiger partial charge in [-0.2, -0.15) is 0 Å². The van der Waals surface area contributed by atoms with Crippen LogP contribution in [0.2, 0.25) is 10.0 Å². The van der Waals surface area contributed by atoms with Crippen molar-refractivity contribution in [3.63, 3.8) is 0 Å². The Bertz CT molecular complexity index is 981. The highest BCUT2D eigenvalue weighted by Crippen LogP contribution is 2.24. The van der Waals surface area contributed by atoms with Crippen molar-refractivity contribution in [2.45, 2.75) is 38.3 Å². The standard InChI is InChI=1S/C20H25Cl2N3O2.C4H4O4/c1-14(26)24-8-9-25(17(13-24)12-16-4-2-3-7-23-16)20(27)11-15-5-6-18(21)19(22)10-15;5-3(6)1-2-4(7)8/h2-3,5-6,10,16-17,23H,4,7-9,11-13H2,1H3;1-2H,(H,5,6)(H,7,8)/b;2-1+. The molecule has 11 heteroatoms. The maximum Gasteiger partial charge on any atom is 0.328 e. The topological polar surface area (TPSA) is 127 Å². The molecule has 2 aliphatic heterocycles. The summed E-state index contributed by atoms with van der Waals surface area (Å²) in [5, 5.41) is 20.0. The molecule has 0 bridgehead atoms. The van der Waals surface area contributed by atoms with E-state index in [1.165, 1.54) is 0 Å². The Balaban J connectivity index is 0.000000466. The summed E-state index contributed by atoms with van der Waals surface area (Å²) in [6.07, 6.45) is 7.48. The Morgan fingerprint density at radius 2 is 1.74 bits per heavy atom. The van der Waals surface area contributed by atoms with Gasteiger partial charge in [0, 0.05) is 51.3 Å². The molecule has 0 aromatic heterocycles. The van der Waals surface area contributed by atoms with E-state index in [2.05, 4.69) is 17.5 Å². The Morgan fingerprint density at radius 1 is 1.06 bits per heavy atom. The van der Waals surface area contributed by atoms with E-state index < -0.39 is 11.9 Å². The van der Waals surface area contributed by atoms with Crippen LogP contribution in [0.1, 0.15) is 25.3 Å². The Labute approximate surface area is 214 Å². The summed E-state index contributed by atoms with van der Waals surface area (Å²) in [6.45, 7) is 4.17. The average molecular weight is 526 g/mol. The molecule has 2 heterocycles. The van der Waals surface area contributed by atoms with Crippen molar-refractivity contribution in [3.8, 4) is 0 Å². The molecule has 3 N–H and O–H groups in total. The van der Waals surface area contributed by atoms with Gasteiger partial charge in [0.15, 0.2) is 0 Å². The summed E-state index contributed by atoms with van der Waals surface area (Å²) in [7, 11) is 0. The molecule has 1 fully saturated rings. The predicted octanol–water partition coefficient (Wildman–Crippen LogP) is 2.62. The number of hydrogen-bond acceptors (Lipinski definition) is 5. The number of carbonyl (C=O) groups is 4. The van der Waals surface area contributed by atoms with Gasteiger partial charge in [0.1, 0.15) is 0 Å². The number of piperazine rings is 1. The van der Waals surface area contributed by atoms with Crippen LogP contribution in [-0.4, -0.2) is 82.0 Å². The van der Waals surface area contributed by atoms with E-state index in [-0.39, 0.29) is 24.3 Å². The van der Waals surface area contributed by atoms with Crippen LogP contribution in [0.3, 0.4) is 0 Å². The SMILES string of the molecule is CC(=O)N1CCN(C(=O)Cc2ccc(Cl)c(Cl)c2)C(CC2CC=CCN2)C1.O=C(O)/C=C/C(=O)O. The fraction of sp³-hybridized carbons (Fsp3) is 0.417. The number of amides is 2. The lowest BCUT2D eigenvalue weighted by Crippen LogP contribution is -2.58. The number of carbonyl (C=O) groups excluding carboxylic acids is 2. The molecule has 0 saturated carbocycles. The van der Waals surface area contributed by atoms with Crippen molar-refractivity contribution in [1.29, 1.82) is 0 Å². The number of benzene rings is 1. The molecule has 2 unspecified atom stereocenters. The number of nitrogens with one attached hydrogen (secondary N) is 1. The predicted molar refractivity (Wildman–Crippen MR) is 132 cm³/mol. The second kappa shape index (κ2) is 13.9. The van der Waals surface area contributed by atoms with E-state index >= 15 is 0 Å². The first-order valence-electron chi connectivity index (χ1n) is 11.1. The van der Waals surface area contributed by atoms with Crippen LogP contribution in [0.25, 0.3) is 0 Å². The van der Waals surface area contributed by atoms with Crippen LogP contribution >= 0.6 is 23.2 Å². The van der Waals surface area contributed by atoms with Crippen LogP contribution in [0.4, 0.5) is 0 Å². The summed E-state index contributed by atoms with van der Waals surface area (Å²) in [5.74, 6) is -2.39. The molecular formula is C24H29Cl2N3O6. The van der Waals surface area contributed by atoms with Crippen molar-refractivity contribution in [1.82, 2.24) is 15.1 Å². The van der Waals surface area contributed by atoms with Gasteiger partial charge < -0.3 is 25.3 Å². The lowest BCUT2D eigenvalue weighted by atomic mass is 9.97. The molecule has 35 heavy (non-hydrogen) atoms. The van der Waals surface area contributed by atoms with Gasteiger partial charge in [-0.3, -0.25) is 9.59 Å². The molecule has 1 aromatic carbocycles. The minimum absolute atomic E-state index is 0.0157. The molecule has 0 aliphatic carbocycles. The Kier molecular flexibility index (Phi) is 11.2. The minimum Gasteiger partial charge on any atom is -0.478 e. The number of halogens is 2. The number of carboxylic acids is 2. The maximum atomic E-state index is 13.0. The number of carboxylic acid groups (broad SMARTS) is 2. The normalized spacial score (nSPS) is 19.7. The number of nitrogens with zero attached hydrogens (tertiary/aromatic N) is 2. The molecule has 190 valence electrons. The number of rotatable bonds is 6. The van der Waals surface area contributed by atoms with Crippen molar-refractivity contribution < 1.29 is 29.4 Å². The van der Waals surface area contributed by atoms with Gasteiger partial charge in [-0.25, -0.2) is 9.59 Å². The highest BCUT2D eigenvalue weighted by molar-refractivity contribution is 6.42. The highest BCUT2D eigenvalue weighted by atomic mass is 35.5. The average Bonchev–Trinajstić information content (AvgIpc) is 2.81. The zero-order chi connectivity index (χ0) is 26.0. The number of aliphatic carboxylic acids is 2. The third kappa shape index (κ3) is 9.71. The molecule has 0 spiro atoms. The lowest BCUT2D eigenvalue weighted by molar-refractivity contribution is -0.141. The van der Waals surface area contributed by atoms with Crippen molar-refractivity contribution >= 4 is 47.0 Å². The van der Waals surface area contributed by atoms with E-state index in [1.54, 1.807) is 19.1 Å². The fourth-order valence-electron chi connectivity index (χ4n) is 3.91. The first-order chi connectivity index (χ1) is 16.6. The zero-order valence-electron chi connectivity index (χ0n) is 19.3. The zero-order valence-corrected chi connectivity index (χ0v) is 20.8. The fourth-order valence-corrected chi connectivity index (χ4v) is 4.23. The van der Waals surface area contributed by atoms with E-state index in [9.17, 15) is 19.2 Å². The quantitative estimate of drug-likeness (QED) is 0.384. The largest absolute Gasteiger partial charge is 0.478 e. The van der Waals surface area contributed by atoms with Crippen LogP contribution in [0, 0.1) is 0 Å². The molecule has 2 atom stereocenters. The van der Waals surface area contributed by atoms with Gasteiger partial charge in [-0.05, 0) is 30.5 Å². The summed E-state index contributed by atoms with van der Waals surface area (Å²) in [6, 6.07) is 5.64. The third-order valence-electron chi connectivity index (χ3n) is 5.62. The van der Waals surface area contributed by atoms with Gasteiger partial charge >= 0.3 is 11.9 Å². The number of hydrogen-bond donors (Lipinski definition) is 3. The van der Waals surface area contributed by atoms with Crippen molar-refractivity contribution in [2.24, 2.45) is 0 Å². The molecule has 1 aromatic rings. The van der Waals surface area contributed by atoms with Gasteiger partial charge in [-0.15, -0.1) is 0 Å². The van der Waals surface area contributed by atoms with Gasteiger partial charge in [0.25, 0.3) is 0 Å². The molecule has 9 nitrogen and oxygen atoms in total. The van der Waals surface area contributed by atoms with E-state index in [0.717, 1.165) is 24.9 Å². The molecule has 2 amide bonds. The maximum absolute atomic E-state index is 13.0. The Hall–Kier alpha value is -2.88. The van der Waals surface area contributed by atoms with E-state index in [0.29, 0.717) is 47.9 Å². The molecule has 2 aliphatic rings.